The number of alkyl halides is 1. The quantitative estimate of drug-likeness (QED) is 0.811. The molecule has 0 aliphatic rings. The van der Waals surface area contributed by atoms with Gasteiger partial charge in [-0.25, -0.2) is 8.78 Å². The summed E-state index contributed by atoms with van der Waals surface area (Å²) < 4.78 is 26.2. The third-order valence-electron chi connectivity index (χ3n) is 1.85. The lowest BCUT2D eigenvalue weighted by Gasteiger charge is -2.07. The molecule has 1 rings (SSSR count). The summed E-state index contributed by atoms with van der Waals surface area (Å²) in [5.74, 6) is -1.71. The number of benzene rings is 1. The number of carboxylic acid groups (broad SMARTS) is 1. The van der Waals surface area contributed by atoms with Gasteiger partial charge in [-0.3, -0.25) is 4.79 Å². The van der Waals surface area contributed by atoms with Gasteiger partial charge in [0, 0.05) is 12.0 Å². The number of hydrogen-bond donors (Lipinski definition) is 1. The Bertz CT molecular complexity index is 326. The average Bonchev–Trinajstić information content (AvgIpc) is 2.15. The average molecular weight is 200 g/mol. The van der Waals surface area contributed by atoms with Gasteiger partial charge in [0.2, 0.25) is 0 Å². The smallest absolute Gasteiger partial charge is 0.303 e. The number of aliphatic carboxylic acids is 1. The van der Waals surface area contributed by atoms with Gasteiger partial charge in [-0.05, 0) is 12.5 Å². The van der Waals surface area contributed by atoms with Crippen LogP contribution in [0.25, 0.3) is 0 Å². The van der Waals surface area contributed by atoms with Crippen molar-refractivity contribution in [2.45, 2.75) is 19.0 Å². The maximum absolute atomic E-state index is 13.3. The van der Waals surface area contributed by atoms with Gasteiger partial charge >= 0.3 is 5.97 Å². The molecule has 2 nitrogen and oxygen atoms in total. The summed E-state index contributed by atoms with van der Waals surface area (Å²) >= 11 is 0. The standard InChI is InChI=1S/C10H10F2O2/c11-8-4-2-1-3-7(8)9(12)5-6-10(13)14/h1-4,9H,5-6H2,(H,13,14). The monoisotopic (exact) mass is 200 g/mol. The number of hydrogen-bond acceptors (Lipinski definition) is 1. The molecular weight excluding hydrogens is 190 g/mol. The summed E-state index contributed by atoms with van der Waals surface area (Å²) in [4.78, 5) is 10.2. The van der Waals surface area contributed by atoms with E-state index in [0.717, 1.165) is 6.07 Å². The van der Waals surface area contributed by atoms with Crippen molar-refractivity contribution in [3.63, 3.8) is 0 Å². The van der Waals surface area contributed by atoms with Crippen LogP contribution in [-0.2, 0) is 4.79 Å². The molecule has 1 atom stereocenters. The van der Waals surface area contributed by atoms with E-state index in [4.69, 9.17) is 5.11 Å². The van der Waals surface area contributed by atoms with Crippen molar-refractivity contribution < 1.29 is 18.7 Å². The van der Waals surface area contributed by atoms with E-state index in [-0.39, 0.29) is 18.4 Å². The Morgan fingerprint density at radius 1 is 1.43 bits per heavy atom. The Labute approximate surface area is 80.2 Å². The number of rotatable bonds is 4. The van der Waals surface area contributed by atoms with Gasteiger partial charge in [-0.15, -0.1) is 0 Å². The van der Waals surface area contributed by atoms with Crippen LogP contribution in [0.3, 0.4) is 0 Å². The second kappa shape index (κ2) is 4.69. The molecular formula is C10H10F2O2. The van der Waals surface area contributed by atoms with Gasteiger partial charge in [-0.2, -0.15) is 0 Å². The molecule has 0 saturated carbocycles. The first kappa shape index (κ1) is 10.6. The lowest BCUT2D eigenvalue weighted by atomic mass is 10.1. The minimum Gasteiger partial charge on any atom is -0.481 e. The van der Waals surface area contributed by atoms with E-state index in [1.165, 1.54) is 18.2 Å². The summed E-state index contributed by atoms with van der Waals surface area (Å²) in [6.45, 7) is 0. The van der Waals surface area contributed by atoms with E-state index in [1.807, 2.05) is 0 Å². The minimum absolute atomic E-state index is 0.0752. The summed E-state index contributed by atoms with van der Waals surface area (Å²) in [6, 6.07) is 5.46. The first-order valence-corrected chi connectivity index (χ1v) is 4.21. The van der Waals surface area contributed by atoms with Crippen molar-refractivity contribution in [1.82, 2.24) is 0 Å². The zero-order valence-corrected chi connectivity index (χ0v) is 7.41. The Morgan fingerprint density at radius 2 is 2.07 bits per heavy atom. The van der Waals surface area contributed by atoms with E-state index in [9.17, 15) is 13.6 Å². The van der Waals surface area contributed by atoms with Crippen LogP contribution in [0.15, 0.2) is 24.3 Å². The van der Waals surface area contributed by atoms with Gasteiger partial charge < -0.3 is 5.11 Å². The molecule has 0 heterocycles. The Morgan fingerprint density at radius 3 is 2.64 bits per heavy atom. The first-order valence-electron chi connectivity index (χ1n) is 4.21. The SMILES string of the molecule is O=C(O)CCC(F)c1ccccc1F. The molecule has 0 spiro atoms. The van der Waals surface area contributed by atoms with Crippen LogP contribution in [0.1, 0.15) is 24.6 Å². The van der Waals surface area contributed by atoms with E-state index in [2.05, 4.69) is 0 Å². The lowest BCUT2D eigenvalue weighted by molar-refractivity contribution is -0.137. The van der Waals surface area contributed by atoms with Gasteiger partial charge in [-0.1, -0.05) is 18.2 Å². The number of halogens is 2. The number of carbonyl (C=O) groups is 1. The third-order valence-corrected chi connectivity index (χ3v) is 1.85. The Hall–Kier alpha value is -1.45. The molecule has 0 aliphatic heterocycles. The predicted octanol–water partition coefficient (Wildman–Crippen LogP) is 2.70. The largest absolute Gasteiger partial charge is 0.481 e. The minimum atomic E-state index is -1.55. The van der Waals surface area contributed by atoms with Crippen LogP contribution in [-0.4, -0.2) is 11.1 Å². The Balaban J connectivity index is 2.65. The zero-order chi connectivity index (χ0) is 10.6. The lowest BCUT2D eigenvalue weighted by Crippen LogP contribution is -2.00. The fourth-order valence-corrected chi connectivity index (χ4v) is 1.13. The van der Waals surface area contributed by atoms with Crippen LogP contribution in [0.2, 0.25) is 0 Å². The highest BCUT2D eigenvalue weighted by Crippen LogP contribution is 2.24. The fourth-order valence-electron chi connectivity index (χ4n) is 1.13. The van der Waals surface area contributed by atoms with Crippen LogP contribution >= 0.6 is 0 Å². The third kappa shape index (κ3) is 2.80. The molecule has 14 heavy (non-hydrogen) atoms. The van der Waals surface area contributed by atoms with Crippen molar-refractivity contribution in [3.8, 4) is 0 Å². The second-order valence-electron chi connectivity index (χ2n) is 2.92. The summed E-state index contributed by atoms with van der Waals surface area (Å²) in [5.41, 5.74) is -0.0752. The van der Waals surface area contributed by atoms with Crippen molar-refractivity contribution in [3.05, 3.63) is 35.6 Å². The summed E-state index contributed by atoms with van der Waals surface area (Å²) in [7, 11) is 0. The molecule has 0 amide bonds. The van der Waals surface area contributed by atoms with Crippen molar-refractivity contribution in [1.29, 1.82) is 0 Å². The second-order valence-corrected chi connectivity index (χ2v) is 2.92. The zero-order valence-electron chi connectivity index (χ0n) is 7.41. The highest BCUT2D eigenvalue weighted by atomic mass is 19.1. The highest BCUT2D eigenvalue weighted by molar-refractivity contribution is 5.66. The topological polar surface area (TPSA) is 37.3 Å². The van der Waals surface area contributed by atoms with E-state index in [0.29, 0.717) is 0 Å². The van der Waals surface area contributed by atoms with Crippen molar-refractivity contribution in [2.24, 2.45) is 0 Å². The van der Waals surface area contributed by atoms with Gasteiger partial charge in [0.25, 0.3) is 0 Å². The van der Waals surface area contributed by atoms with E-state index >= 15 is 0 Å². The molecule has 0 radical (unpaired) electrons. The van der Waals surface area contributed by atoms with E-state index in [1.54, 1.807) is 0 Å². The van der Waals surface area contributed by atoms with E-state index < -0.39 is 18.0 Å². The normalized spacial score (nSPS) is 12.4. The Kier molecular flexibility index (Phi) is 3.56. The van der Waals surface area contributed by atoms with Gasteiger partial charge in [0.1, 0.15) is 12.0 Å². The molecule has 76 valence electrons. The first-order chi connectivity index (χ1) is 6.61. The predicted molar refractivity (Wildman–Crippen MR) is 47.1 cm³/mol. The van der Waals surface area contributed by atoms with Crippen molar-refractivity contribution >= 4 is 5.97 Å². The van der Waals surface area contributed by atoms with Crippen LogP contribution in [0.5, 0.6) is 0 Å². The number of carboxylic acids is 1. The fraction of sp³-hybridized carbons (Fsp3) is 0.300. The van der Waals surface area contributed by atoms with Gasteiger partial charge in [0.15, 0.2) is 0 Å². The summed E-state index contributed by atoms with van der Waals surface area (Å²) in [6.07, 6.45) is -2.04. The molecule has 0 bridgehead atoms. The molecule has 0 aromatic heterocycles. The molecule has 0 saturated heterocycles. The molecule has 1 unspecified atom stereocenters. The summed E-state index contributed by atoms with van der Waals surface area (Å²) in [5, 5.41) is 8.32. The van der Waals surface area contributed by atoms with Crippen molar-refractivity contribution in [2.75, 3.05) is 0 Å². The molecule has 1 N–H and O–H groups in total. The molecule has 1 aromatic carbocycles. The van der Waals surface area contributed by atoms with Crippen LogP contribution in [0, 0.1) is 5.82 Å². The molecule has 0 fully saturated rings. The van der Waals surface area contributed by atoms with Crippen LogP contribution < -0.4 is 0 Å². The maximum atomic E-state index is 13.3. The highest BCUT2D eigenvalue weighted by Gasteiger charge is 2.15. The molecule has 0 aliphatic carbocycles. The van der Waals surface area contributed by atoms with Crippen LogP contribution in [0.4, 0.5) is 8.78 Å². The molecule has 1 aromatic rings. The molecule has 4 heteroatoms. The maximum Gasteiger partial charge on any atom is 0.303 e. The van der Waals surface area contributed by atoms with Gasteiger partial charge in [0.05, 0.1) is 0 Å².